The topological polar surface area (TPSA) is 301 Å². The molecule has 7 amide bonds. The molecule has 0 aromatic heterocycles. The van der Waals surface area contributed by atoms with Gasteiger partial charge < -0.3 is 46.8 Å². The molecule has 0 saturated carbocycles. The van der Waals surface area contributed by atoms with Crippen molar-refractivity contribution in [3.8, 4) is 5.75 Å². The Kier molecular flexibility index (Phi) is 16.2. The number of likely N-dealkylation sites (tertiary alicyclic amines) is 1. The van der Waals surface area contributed by atoms with Gasteiger partial charge in [0.2, 0.25) is 41.4 Å². The Balaban J connectivity index is 2.32. The molecule has 2 rings (SSSR count). The molecule has 0 aliphatic carbocycles. The number of aliphatic hydroxyl groups is 1. The number of likely N-dealkylation sites (N-methyl/N-ethyl adjacent to an activating group) is 1. The molecule has 1 fully saturated rings. The molecule has 6 atom stereocenters. The second kappa shape index (κ2) is 19.3. The van der Waals surface area contributed by atoms with Crippen molar-refractivity contribution in [2.75, 3.05) is 13.6 Å². The fourth-order valence-corrected chi connectivity index (χ4v) is 6.17. The lowest BCUT2D eigenvalue weighted by Crippen LogP contribution is -2.60. The van der Waals surface area contributed by atoms with Gasteiger partial charge in [-0.2, -0.15) is 0 Å². The second-order valence-electron chi connectivity index (χ2n) is 13.2. The van der Waals surface area contributed by atoms with Gasteiger partial charge in [-0.3, -0.25) is 43.3 Å². The largest absolute Gasteiger partial charge is 0.524 e. The monoisotopic (exact) mass is 755 g/mol. The summed E-state index contributed by atoms with van der Waals surface area (Å²) in [4.78, 5) is 111. The number of hydrogen-bond donors (Lipinski definition) is 8. The molecule has 1 aliphatic heterocycles. The average molecular weight is 756 g/mol. The van der Waals surface area contributed by atoms with Crippen LogP contribution < -0.4 is 31.9 Å². The normalized spacial score (nSPS) is 17.2. The standard InChI is InChI=1S/C32H50N7O12P/c1-17(2)15-25(38(5)31(46)23(35-19(4)41)16-20-8-10-21(11-9-20)51-52(48,49)50)32(47)39-14-6-7-24(39)30(45)36-22(12-13-26(33)42)29(44)37-27(18(3)40)28(34)43/h8-11,17-18,22-25,27,40H,6-7,12-16H2,1-5H3,(H2,33,42)(H2,34,43)(H,35,41)(H,36,45)(H,37,44)(H2,48,49,50)/t18?,22-,23-,24-,25-,27-/m0/s1. The number of carbonyl (C=O) groups excluding carboxylic acids is 7. The maximum absolute atomic E-state index is 14.2. The summed E-state index contributed by atoms with van der Waals surface area (Å²) >= 11 is 0. The zero-order valence-electron chi connectivity index (χ0n) is 29.8. The fraction of sp³-hybridized carbons (Fsp3) is 0.594. The number of phosphoric ester groups is 1. The Morgan fingerprint density at radius 1 is 1.00 bits per heavy atom. The van der Waals surface area contributed by atoms with E-state index in [0.717, 1.165) is 0 Å². The van der Waals surface area contributed by atoms with Crippen molar-refractivity contribution in [3.05, 3.63) is 29.8 Å². The van der Waals surface area contributed by atoms with Crippen molar-refractivity contribution in [1.29, 1.82) is 0 Å². The lowest BCUT2D eigenvalue weighted by atomic mass is 9.98. The number of aliphatic hydroxyl groups excluding tert-OH is 1. The van der Waals surface area contributed by atoms with Crippen molar-refractivity contribution >= 4 is 49.2 Å². The molecular formula is C32H50N7O12P. The molecule has 1 heterocycles. The smallest absolute Gasteiger partial charge is 0.404 e. The minimum absolute atomic E-state index is 0.0449. The van der Waals surface area contributed by atoms with Crippen LogP contribution >= 0.6 is 7.82 Å². The van der Waals surface area contributed by atoms with Gasteiger partial charge in [0.15, 0.2) is 0 Å². The lowest BCUT2D eigenvalue weighted by molar-refractivity contribution is -0.149. The molecule has 52 heavy (non-hydrogen) atoms. The van der Waals surface area contributed by atoms with E-state index in [4.69, 9.17) is 21.3 Å². The minimum atomic E-state index is -4.80. The van der Waals surface area contributed by atoms with E-state index in [1.165, 1.54) is 55.0 Å². The number of primary amides is 2. The van der Waals surface area contributed by atoms with Crippen LogP contribution in [0.25, 0.3) is 0 Å². The molecule has 1 unspecified atom stereocenters. The number of hydrogen-bond acceptors (Lipinski definition) is 10. The van der Waals surface area contributed by atoms with E-state index in [1.54, 1.807) is 0 Å². The second-order valence-corrected chi connectivity index (χ2v) is 14.3. The van der Waals surface area contributed by atoms with Crippen molar-refractivity contribution < 1.29 is 57.5 Å². The summed E-state index contributed by atoms with van der Waals surface area (Å²) in [6.07, 6.45) is -1.17. The molecule has 0 spiro atoms. The molecule has 290 valence electrons. The maximum atomic E-state index is 14.2. The number of carbonyl (C=O) groups is 7. The molecule has 1 aliphatic rings. The highest BCUT2D eigenvalue weighted by molar-refractivity contribution is 7.46. The summed E-state index contributed by atoms with van der Waals surface area (Å²) in [6, 6.07) is -0.649. The molecule has 19 nitrogen and oxygen atoms in total. The van der Waals surface area contributed by atoms with E-state index in [0.29, 0.717) is 12.0 Å². The molecule has 10 N–H and O–H groups in total. The van der Waals surface area contributed by atoms with Gasteiger partial charge in [0, 0.05) is 33.4 Å². The van der Waals surface area contributed by atoms with E-state index in [2.05, 4.69) is 20.5 Å². The number of rotatable bonds is 19. The summed E-state index contributed by atoms with van der Waals surface area (Å²) < 4.78 is 15.7. The Labute approximate surface area is 301 Å². The Morgan fingerprint density at radius 2 is 1.62 bits per heavy atom. The average Bonchev–Trinajstić information content (AvgIpc) is 3.53. The van der Waals surface area contributed by atoms with E-state index >= 15 is 0 Å². The molecule has 1 saturated heterocycles. The van der Waals surface area contributed by atoms with Crippen LogP contribution in [0, 0.1) is 5.92 Å². The van der Waals surface area contributed by atoms with Crippen LogP contribution in [0.3, 0.4) is 0 Å². The van der Waals surface area contributed by atoms with Crippen molar-refractivity contribution in [1.82, 2.24) is 25.8 Å². The van der Waals surface area contributed by atoms with E-state index in [-0.39, 0.29) is 50.3 Å². The van der Waals surface area contributed by atoms with Gasteiger partial charge in [0.05, 0.1) is 6.10 Å². The predicted octanol–water partition coefficient (Wildman–Crippen LogP) is -1.83. The van der Waals surface area contributed by atoms with Gasteiger partial charge in [-0.25, -0.2) is 4.57 Å². The third-order valence-electron chi connectivity index (χ3n) is 8.30. The van der Waals surface area contributed by atoms with Gasteiger partial charge in [-0.05, 0) is 56.2 Å². The van der Waals surface area contributed by atoms with Crippen LogP contribution in [0.2, 0.25) is 0 Å². The predicted molar refractivity (Wildman–Crippen MR) is 184 cm³/mol. The van der Waals surface area contributed by atoms with Crippen LogP contribution in [0.4, 0.5) is 0 Å². The Bertz CT molecular complexity index is 1520. The molecular weight excluding hydrogens is 705 g/mol. The molecule has 20 heteroatoms. The number of nitrogens with one attached hydrogen (secondary N) is 3. The highest BCUT2D eigenvalue weighted by atomic mass is 31.2. The number of benzene rings is 1. The summed E-state index contributed by atoms with van der Waals surface area (Å²) in [7, 11) is -3.39. The van der Waals surface area contributed by atoms with Crippen molar-refractivity contribution in [2.24, 2.45) is 17.4 Å². The first-order valence-electron chi connectivity index (χ1n) is 16.7. The van der Waals surface area contributed by atoms with Gasteiger partial charge in [0.1, 0.15) is 36.0 Å². The SMILES string of the molecule is CC(=O)N[C@@H](Cc1ccc(OP(=O)(O)O)cc1)C(=O)N(C)[C@@H](CC(C)C)C(=O)N1CCC[C@H]1C(=O)N[C@@H](CCC(N)=O)C(=O)N[C@H](C(N)=O)C(C)O. The summed E-state index contributed by atoms with van der Waals surface area (Å²) in [5.41, 5.74) is 11.0. The third kappa shape index (κ3) is 13.5. The van der Waals surface area contributed by atoms with E-state index in [1.807, 2.05) is 13.8 Å². The number of nitrogens with two attached hydrogens (primary N) is 2. The summed E-state index contributed by atoms with van der Waals surface area (Å²) in [5.74, 6) is -5.35. The first-order valence-corrected chi connectivity index (χ1v) is 18.2. The van der Waals surface area contributed by atoms with E-state index < -0.39 is 85.5 Å². The highest BCUT2D eigenvalue weighted by Crippen LogP contribution is 2.37. The molecule has 1 aromatic carbocycles. The van der Waals surface area contributed by atoms with Crippen LogP contribution in [-0.4, -0.2) is 116 Å². The van der Waals surface area contributed by atoms with E-state index in [9.17, 15) is 43.2 Å². The van der Waals surface area contributed by atoms with Gasteiger partial charge in [-0.15, -0.1) is 0 Å². The molecule has 0 radical (unpaired) electrons. The Hall–Kier alpha value is -4.58. The molecule has 1 aromatic rings. The first kappa shape index (κ1) is 43.6. The van der Waals surface area contributed by atoms with Crippen LogP contribution in [-0.2, 0) is 44.5 Å². The van der Waals surface area contributed by atoms with Gasteiger partial charge in [-0.1, -0.05) is 26.0 Å². The number of phosphoric acid groups is 1. The quantitative estimate of drug-likeness (QED) is 0.0724. The van der Waals surface area contributed by atoms with Gasteiger partial charge >= 0.3 is 7.82 Å². The summed E-state index contributed by atoms with van der Waals surface area (Å²) in [5, 5.41) is 17.3. The van der Waals surface area contributed by atoms with Crippen LogP contribution in [0.15, 0.2) is 24.3 Å². The minimum Gasteiger partial charge on any atom is -0.404 e. The zero-order valence-corrected chi connectivity index (χ0v) is 30.7. The van der Waals surface area contributed by atoms with Gasteiger partial charge in [0.25, 0.3) is 0 Å². The number of amides is 7. The zero-order chi connectivity index (χ0) is 39.5. The molecule has 0 bridgehead atoms. The summed E-state index contributed by atoms with van der Waals surface area (Å²) in [6.45, 7) is 6.28. The Morgan fingerprint density at radius 3 is 2.12 bits per heavy atom. The fourth-order valence-electron chi connectivity index (χ4n) is 5.78. The van der Waals surface area contributed by atoms with Crippen molar-refractivity contribution in [3.63, 3.8) is 0 Å². The lowest BCUT2D eigenvalue weighted by Gasteiger charge is -2.36. The first-order chi connectivity index (χ1) is 24.1. The maximum Gasteiger partial charge on any atom is 0.524 e. The third-order valence-corrected chi connectivity index (χ3v) is 8.74. The highest BCUT2D eigenvalue weighted by Gasteiger charge is 2.42. The van der Waals surface area contributed by atoms with Crippen LogP contribution in [0.1, 0.15) is 65.4 Å². The van der Waals surface area contributed by atoms with Crippen LogP contribution in [0.5, 0.6) is 5.75 Å². The van der Waals surface area contributed by atoms with Crippen molar-refractivity contribution in [2.45, 2.75) is 103 Å². The number of nitrogens with zero attached hydrogens (tertiary/aromatic N) is 2.